The number of hydrogen-bond acceptors (Lipinski definition) is 4. The van der Waals surface area contributed by atoms with Crippen molar-refractivity contribution in [3.05, 3.63) is 39.3 Å². The highest BCUT2D eigenvalue weighted by molar-refractivity contribution is 7.98. The molecule has 1 aromatic heterocycles. The lowest BCUT2D eigenvalue weighted by Gasteiger charge is -2.18. The molecule has 5 nitrogen and oxygen atoms in total. The van der Waals surface area contributed by atoms with Gasteiger partial charge in [0.2, 0.25) is 5.43 Å². The quantitative estimate of drug-likeness (QED) is 0.686. The Balaban J connectivity index is 2.53. The van der Waals surface area contributed by atoms with Gasteiger partial charge in [-0.05, 0) is 38.2 Å². The number of nitrogens with zero attached hydrogens (tertiary/aromatic N) is 1. The van der Waals surface area contributed by atoms with Crippen molar-refractivity contribution in [2.24, 2.45) is 0 Å². The summed E-state index contributed by atoms with van der Waals surface area (Å²) in [7, 11) is 0. The molecule has 0 saturated heterocycles. The van der Waals surface area contributed by atoms with Gasteiger partial charge in [-0.25, -0.2) is 9.18 Å². The first kappa shape index (κ1) is 15.7. The molecule has 0 radical (unpaired) electrons. The molecular formula is C16H14FNO4S. The lowest BCUT2D eigenvalue weighted by atomic mass is 10.1. The summed E-state index contributed by atoms with van der Waals surface area (Å²) in [4.78, 5) is 35.6. The molecule has 23 heavy (non-hydrogen) atoms. The fraction of sp³-hybridized carbons (Fsp3) is 0.312. The average Bonchev–Trinajstić information content (AvgIpc) is 3.30. The molecule has 1 aromatic carbocycles. The average molecular weight is 335 g/mol. The third-order valence-corrected chi connectivity index (χ3v) is 4.74. The van der Waals surface area contributed by atoms with Gasteiger partial charge >= 0.3 is 5.97 Å². The van der Waals surface area contributed by atoms with Crippen LogP contribution in [0.15, 0.2) is 22.0 Å². The van der Waals surface area contributed by atoms with Gasteiger partial charge in [0.25, 0.3) is 0 Å². The van der Waals surface area contributed by atoms with Crippen LogP contribution in [0.3, 0.4) is 0 Å². The first-order valence-corrected chi connectivity index (χ1v) is 8.29. The van der Waals surface area contributed by atoms with Crippen molar-refractivity contribution < 1.29 is 19.1 Å². The van der Waals surface area contributed by atoms with E-state index in [1.807, 2.05) is 0 Å². The zero-order valence-corrected chi connectivity index (χ0v) is 13.4. The Hall–Kier alpha value is -2.15. The Labute approximate surface area is 135 Å². The third-order valence-electron chi connectivity index (χ3n) is 3.95. The van der Waals surface area contributed by atoms with Crippen molar-refractivity contribution in [1.82, 2.24) is 4.57 Å². The van der Waals surface area contributed by atoms with Crippen molar-refractivity contribution in [2.45, 2.75) is 30.8 Å². The van der Waals surface area contributed by atoms with E-state index in [0.29, 0.717) is 10.5 Å². The zero-order chi connectivity index (χ0) is 16.9. The number of pyridine rings is 1. The Bertz CT molecular complexity index is 915. The standard InChI is InChI=1S/C16H14FNO4S/c1-7(19)9-6-12-10(5-11(9)17)14(20)13(16(21)22)15(23-2)18(12)8-3-4-8/h5-6,8H,3-4H2,1-2H3,(H,21,22). The van der Waals surface area contributed by atoms with E-state index in [4.69, 9.17) is 0 Å². The van der Waals surface area contributed by atoms with Gasteiger partial charge in [0.05, 0.1) is 16.1 Å². The van der Waals surface area contributed by atoms with Crippen molar-refractivity contribution >= 4 is 34.4 Å². The molecule has 1 aliphatic rings. The van der Waals surface area contributed by atoms with Crippen LogP contribution in [0.4, 0.5) is 4.39 Å². The van der Waals surface area contributed by atoms with Gasteiger partial charge in [0.1, 0.15) is 11.4 Å². The van der Waals surface area contributed by atoms with Gasteiger partial charge in [-0.1, -0.05) is 0 Å². The van der Waals surface area contributed by atoms with E-state index in [1.54, 1.807) is 10.8 Å². The second kappa shape index (κ2) is 5.49. The molecule has 7 heteroatoms. The SMILES string of the molecule is CSc1c(C(=O)O)c(=O)c2cc(F)c(C(C)=O)cc2n1C1CC1. The Morgan fingerprint density at radius 2 is 2.00 bits per heavy atom. The maximum absolute atomic E-state index is 14.1. The molecule has 3 rings (SSSR count). The molecule has 1 aliphatic carbocycles. The van der Waals surface area contributed by atoms with Crippen LogP contribution >= 0.6 is 11.8 Å². The number of thioether (sulfide) groups is 1. The minimum atomic E-state index is -1.33. The molecule has 0 atom stereocenters. The maximum atomic E-state index is 14.1. The van der Waals surface area contributed by atoms with Crippen molar-refractivity contribution in [1.29, 1.82) is 0 Å². The molecule has 0 amide bonds. The van der Waals surface area contributed by atoms with Crippen molar-refractivity contribution in [2.75, 3.05) is 6.26 Å². The number of rotatable bonds is 4. The molecule has 0 unspecified atom stereocenters. The van der Waals surface area contributed by atoms with Gasteiger partial charge in [-0.2, -0.15) is 0 Å². The van der Waals surface area contributed by atoms with Crippen LogP contribution in [-0.2, 0) is 0 Å². The fourth-order valence-corrected chi connectivity index (χ4v) is 3.59. The van der Waals surface area contributed by atoms with Crippen LogP contribution in [0.2, 0.25) is 0 Å². The molecule has 1 heterocycles. The molecule has 120 valence electrons. The van der Waals surface area contributed by atoms with Crippen molar-refractivity contribution in [3.8, 4) is 0 Å². The minimum absolute atomic E-state index is 0.00500. The number of hydrogen-bond donors (Lipinski definition) is 1. The number of carbonyl (C=O) groups excluding carboxylic acids is 1. The van der Waals surface area contributed by atoms with Crippen LogP contribution in [0.5, 0.6) is 0 Å². The summed E-state index contributed by atoms with van der Waals surface area (Å²) in [5, 5.41) is 9.74. The molecule has 1 N–H and O–H groups in total. The summed E-state index contributed by atoms with van der Waals surface area (Å²) in [6, 6.07) is 2.41. The summed E-state index contributed by atoms with van der Waals surface area (Å²) in [5.41, 5.74) is -0.741. The van der Waals surface area contributed by atoms with Gasteiger partial charge in [-0.15, -0.1) is 11.8 Å². The minimum Gasteiger partial charge on any atom is -0.477 e. The van der Waals surface area contributed by atoms with E-state index in [-0.39, 0.29) is 22.6 Å². The zero-order valence-electron chi connectivity index (χ0n) is 12.6. The summed E-state index contributed by atoms with van der Waals surface area (Å²) >= 11 is 1.17. The van der Waals surface area contributed by atoms with E-state index in [1.165, 1.54) is 24.8 Å². The Morgan fingerprint density at radius 3 is 2.48 bits per heavy atom. The molecule has 0 spiro atoms. The first-order chi connectivity index (χ1) is 10.9. The normalized spacial score (nSPS) is 14.2. The lowest BCUT2D eigenvalue weighted by Crippen LogP contribution is -2.22. The summed E-state index contributed by atoms with van der Waals surface area (Å²) in [6.45, 7) is 1.25. The number of benzene rings is 1. The number of ketones is 1. The van der Waals surface area contributed by atoms with E-state index < -0.39 is 23.0 Å². The molecule has 0 aliphatic heterocycles. The molecule has 0 bridgehead atoms. The van der Waals surface area contributed by atoms with Crippen LogP contribution < -0.4 is 5.43 Å². The summed E-state index contributed by atoms with van der Waals surface area (Å²) < 4.78 is 15.9. The van der Waals surface area contributed by atoms with Gasteiger partial charge < -0.3 is 9.67 Å². The first-order valence-electron chi connectivity index (χ1n) is 7.06. The second-order valence-electron chi connectivity index (χ2n) is 5.53. The Kier molecular flexibility index (Phi) is 3.75. The molecular weight excluding hydrogens is 321 g/mol. The number of carboxylic acids is 1. The number of Topliss-reactive ketones (excluding diaryl/α,β-unsaturated/α-hetero) is 1. The molecule has 1 fully saturated rings. The van der Waals surface area contributed by atoms with Crippen molar-refractivity contribution in [3.63, 3.8) is 0 Å². The van der Waals surface area contributed by atoms with Crippen LogP contribution in [0, 0.1) is 5.82 Å². The number of aromatic nitrogens is 1. The number of halogens is 1. The predicted molar refractivity (Wildman–Crippen MR) is 85.2 cm³/mol. The van der Waals surface area contributed by atoms with Crippen LogP contribution in [0.25, 0.3) is 10.9 Å². The largest absolute Gasteiger partial charge is 0.477 e. The highest BCUT2D eigenvalue weighted by atomic mass is 32.2. The van der Waals surface area contributed by atoms with Crippen LogP contribution in [-0.4, -0.2) is 27.7 Å². The summed E-state index contributed by atoms with van der Waals surface area (Å²) in [5.74, 6) is -2.57. The van der Waals surface area contributed by atoms with Gasteiger partial charge in [0, 0.05) is 11.4 Å². The predicted octanol–water partition coefficient (Wildman–Crippen LogP) is 3.10. The monoisotopic (exact) mass is 335 g/mol. The molecule has 1 saturated carbocycles. The number of carboxylic acid groups (broad SMARTS) is 1. The number of aromatic carboxylic acids is 1. The van der Waals surface area contributed by atoms with Gasteiger partial charge in [-0.3, -0.25) is 9.59 Å². The lowest BCUT2D eigenvalue weighted by molar-refractivity contribution is 0.0689. The Morgan fingerprint density at radius 1 is 1.35 bits per heavy atom. The third kappa shape index (κ3) is 2.45. The van der Waals surface area contributed by atoms with Crippen LogP contribution in [0.1, 0.15) is 46.5 Å². The summed E-state index contributed by atoms with van der Waals surface area (Å²) in [6.07, 6.45) is 3.41. The van der Waals surface area contributed by atoms with E-state index in [2.05, 4.69) is 0 Å². The second-order valence-corrected chi connectivity index (χ2v) is 6.32. The highest BCUT2D eigenvalue weighted by Gasteiger charge is 2.31. The van der Waals surface area contributed by atoms with E-state index in [0.717, 1.165) is 18.9 Å². The number of carbonyl (C=O) groups is 2. The highest BCUT2D eigenvalue weighted by Crippen LogP contribution is 2.41. The smallest absolute Gasteiger partial charge is 0.342 e. The molecule has 2 aromatic rings. The van der Waals surface area contributed by atoms with Gasteiger partial charge in [0.15, 0.2) is 5.78 Å². The maximum Gasteiger partial charge on any atom is 0.342 e. The van der Waals surface area contributed by atoms with E-state index >= 15 is 0 Å². The number of fused-ring (bicyclic) bond motifs is 1. The topological polar surface area (TPSA) is 76.4 Å². The van der Waals surface area contributed by atoms with E-state index in [9.17, 15) is 23.9 Å². The fourth-order valence-electron chi connectivity index (χ4n) is 2.76.